The van der Waals surface area contributed by atoms with Gasteiger partial charge in [0.05, 0.1) is 16.7 Å². The van der Waals surface area contributed by atoms with Gasteiger partial charge in [0.2, 0.25) is 0 Å². The van der Waals surface area contributed by atoms with Gasteiger partial charge < -0.3 is 5.32 Å². The summed E-state index contributed by atoms with van der Waals surface area (Å²) in [6.45, 7) is -0.179. The van der Waals surface area contributed by atoms with E-state index in [0.29, 0.717) is 6.07 Å². The van der Waals surface area contributed by atoms with Gasteiger partial charge in [-0.05, 0) is 35.9 Å². The molecule has 2 N–H and O–H groups in total. The smallest absolute Gasteiger partial charge is 0.263 e. The minimum absolute atomic E-state index is 0.00348. The second kappa shape index (κ2) is 8.39. The number of carbonyl (C=O) groups is 1. The van der Waals surface area contributed by atoms with Crippen molar-refractivity contribution < 1.29 is 26.4 Å². The predicted molar refractivity (Wildman–Crippen MR) is 102 cm³/mol. The molecule has 29 heavy (non-hydrogen) atoms. The average molecular weight is 462 g/mol. The second-order valence-electron chi connectivity index (χ2n) is 5.65. The minimum Gasteiger partial charge on any atom is -0.348 e. The van der Waals surface area contributed by atoms with Gasteiger partial charge >= 0.3 is 0 Å². The largest absolute Gasteiger partial charge is 0.348 e. The Hall–Kier alpha value is -2.63. The summed E-state index contributed by atoms with van der Waals surface area (Å²) in [4.78, 5) is 15.5. The Bertz CT molecular complexity index is 1190. The van der Waals surface area contributed by atoms with Crippen LogP contribution in [0.5, 0.6) is 0 Å². The lowest BCUT2D eigenvalue weighted by molar-refractivity contribution is 0.0946. The van der Waals surface area contributed by atoms with E-state index < -0.39 is 43.8 Å². The van der Waals surface area contributed by atoms with Crippen molar-refractivity contribution in [3.8, 4) is 0 Å². The Morgan fingerprint density at radius 1 is 1.07 bits per heavy atom. The van der Waals surface area contributed by atoms with E-state index in [4.69, 9.17) is 11.6 Å². The van der Waals surface area contributed by atoms with Crippen LogP contribution < -0.4 is 10.0 Å². The Labute approximate surface area is 172 Å². The summed E-state index contributed by atoms with van der Waals surface area (Å²) in [7, 11) is -4.14. The van der Waals surface area contributed by atoms with Gasteiger partial charge in [-0.15, -0.1) is 0 Å². The van der Waals surface area contributed by atoms with Gasteiger partial charge in [0.1, 0.15) is 10.2 Å². The molecule has 1 aromatic heterocycles. The lowest BCUT2D eigenvalue weighted by atomic mass is 10.1. The van der Waals surface area contributed by atoms with Crippen LogP contribution in [0.1, 0.15) is 15.9 Å². The van der Waals surface area contributed by atoms with E-state index in [2.05, 4.69) is 15.0 Å². The van der Waals surface area contributed by atoms with Gasteiger partial charge in [-0.25, -0.2) is 26.6 Å². The van der Waals surface area contributed by atoms with Crippen LogP contribution in [0, 0.1) is 17.5 Å². The van der Waals surface area contributed by atoms with Crippen LogP contribution >= 0.6 is 22.9 Å². The van der Waals surface area contributed by atoms with Crippen LogP contribution in [-0.4, -0.2) is 19.3 Å². The lowest BCUT2D eigenvalue weighted by Gasteiger charge is -2.09. The number of sulfonamides is 1. The third-order valence-electron chi connectivity index (χ3n) is 3.63. The first kappa shape index (κ1) is 21.1. The number of hydrogen-bond donors (Lipinski definition) is 2. The summed E-state index contributed by atoms with van der Waals surface area (Å²) < 4.78 is 67.4. The molecule has 0 aliphatic rings. The molecule has 0 spiro atoms. The summed E-state index contributed by atoms with van der Waals surface area (Å²) in [5.74, 6) is -4.04. The quantitative estimate of drug-likeness (QED) is 0.582. The number of halogens is 4. The zero-order valence-corrected chi connectivity index (χ0v) is 16.6. The number of nitrogens with one attached hydrogen (secondary N) is 2. The summed E-state index contributed by atoms with van der Waals surface area (Å²) in [6, 6.07) is 5.80. The molecule has 152 valence electrons. The Morgan fingerprint density at radius 3 is 2.45 bits per heavy atom. The maximum absolute atomic E-state index is 14.3. The molecule has 12 heteroatoms. The standard InChI is InChI=1S/C17H11ClF3N3O3S2/c18-15-8-23-17(28-15)24-29(26,27)10-2-3-11(13(20)6-10)16(25)22-7-9-1-4-12(19)14(21)5-9/h1-6,8H,7H2,(H,22,25)(H,23,24). The summed E-state index contributed by atoms with van der Waals surface area (Å²) in [5.41, 5.74) is -0.146. The highest BCUT2D eigenvalue weighted by Crippen LogP contribution is 2.25. The van der Waals surface area contributed by atoms with E-state index in [1.807, 2.05) is 0 Å². The van der Waals surface area contributed by atoms with Crippen LogP contribution in [0.4, 0.5) is 18.3 Å². The molecular formula is C17H11ClF3N3O3S2. The number of thiazole rings is 1. The first-order valence-corrected chi connectivity index (χ1v) is 10.5. The van der Waals surface area contributed by atoms with E-state index in [1.165, 1.54) is 12.3 Å². The fourth-order valence-electron chi connectivity index (χ4n) is 2.25. The van der Waals surface area contributed by atoms with Gasteiger partial charge in [0.25, 0.3) is 15.9 Å². The zero-order valence-electron chi connectivity index (χ0n) is 14.2. The topological polar surface area (TPSA) is 88.2 Å². The van der Waals surface area contributed by atoms with E-state index >= 15 is 0 Å². The van der Waals surface area contributed by atoms with E-state index in [0.717, 1.165) is 35.6 Å². The van der Waals surface area contributed by atoms with Gasteiger partial charge in [0, 0.05) is 6.54 Å². The normalized spacial score (nSPS) is 11.3. The SMILES string of the molecule is O=C(NCc1ccc(F)c(F)c1)c1ccc(S(=O)(=O)Nc2ncc(Cl)s2)cc1F. The van der Waals surface area contributed by atoms with Crippen molar-refractivity contribution >= 4 is 44.0 Å². The molecule has 0 radical (unpaired) electrons. The van der Waals surface area contributed by atoms with Gasteiger partial charge in [-0.3, -0.25) is 9.52 Å². The maximum atomic E-state index is 14.3. The third-order valence-corrected chi connectivity index (χ3v) is 6.13. The first-order chi connectivity index (χ1) is 13.7. The van der Waals surface area contributed by atoms with Crippen molar-refractivity contribution in [2.75, 3.05) is 4.72 Å². The minimum atomic E-state index is -4.14. The number of hydrogen-bond acceptors (Lipinski definition) is 5. The van der Waals surface area contributed by atoms with Crippen LogP contribution in [-0.2, 0) is 16.6 Å². The third kappa shape index (κ3) is 5.05. The molecule has 2 aromatic carbocycles. The zero-order chi connectivity index (χ0) is 21.2. The van der Waals surface area contributed by atoms with E-state index in [9.17, 15) is 26.4 Å². The highest BCUT2D eigenvalue weighted by molar-refractivity contribution is 7.93. The van der Waals surface area contributed by atoms with Crippen molar-refractivity contribution in [2.45, 2.75) is 11.4 Å². The monoisotopic (exact) mass is 461 g/mol. The summed E-state index contributed by atoms with van der Waals surface area (Å²) in [5, 5.41) is 2.35. The van der Waals surface area contributed by atoms with E-state index in [1.54, 1.807) is 0 Å². The summed E-state index contributed by atoms with van der Waals surface area (Å²) in [6.07, 6.45) is 1.26. The van der Waals surface area contributed by atoms with Gasteiger partial charge in [-0.2, -0.15) is 0 Å². The van der Waals surface area contributed by atoms with Crippen LogP contribution in [0.25, 0.3) is 0 Å². The van der Waals surface area contributed by atoms with Gasteiger partial charge in [0.15, 0.2) is 16.8 Å². The highest BCUT2D eigenvalue weighted by Gasteiger charge is 2.20. The van der Waals surface area contributed by atoms with Crippen LogP contribution in [0.3, 0.4) is 0 Å². The molecular weight excluding hydrogens is 451 g/mol. The Morgan fingerprint density at radius 2 is 1.83 bits per heavy atom. The van der Waals surface area contributed by atoms with Crippen molar-refractivity contribution in [1.29, 1.82) is 0 Å². The van der Waals surface area contributed by atoms with Crippen molar-refractivity contribution in [1.82, 2.24) is 10.3 Å². The average Bonchev–Trinajstić information content (AvgIpc) is 3.06. The molecule has 0 unspecified atom stereocenters. The molecule has 1 heterocycles. The molecule has 1 amide bonds. The first-order valence-electron chi connectivity index (χ1n) is 7.81. The number of amides is 1. The molecule has 6 nitrogen and oxygen atoms in total. The van der Waals surface area contributed by atoms with Gasteiger partial charge in [-0.1, -0.05) is 29.0 Å². The molecule has 0 aliphatic heterocycles. The number of nitrogens with zero attached hydrogens (tertiary/aromatic N) is 1. The molecule has 0 aliphatic carbocycles. The lowest BCUT2D eigenvalue weighted by Crippen LogP contribution is -2.24. The molecule has 0 saturated heterocycles. The summed E-state index contributed by atoms with van der Waals surface area (Å²) >= 11 is 6.57. The molecule has 3 rings (SSSR count). The van der Waals surface area contributed by atoms with Crippen LogP contribution in [0.2, 0.25) is 4.34 Å². The number of anilines is 1. The molecule has 3 aromatic rings. The van der Waals surface area contributed by atoms with E-state index in [-0.39, 0.29) is 21.6 Å². The fourth-order valence-corrected chi connectivity index (χ4v) is 4.32. The molecule has 0 saturated carbocycles. The maximum Gasteiger partial charge on any atom is 0.263 e. The number of carbonyl (C=O) groups excluding carboxylic acids is 1. The highest BCUT2D eigenvalue weighted by atomic mass is 35.5. The second-order valence-corrected chi connectivity index (χ2v) is 8.99. The number of aromatic nitrogens is 1. The number of benzene rings is 2. The fraction of sp³-hybridized carbons (Fsp3) is 0.0588. The Kier molecular flexibility index (Phi) is 6.10. The molecule has 0 atom stereocenters. The van der Waals surface area contributed by atoms with Crippen molar-refractivity contribution in [3.63, 3.8) is 0 Å². The Balaban J connectivity index is 1.72. The van der Waals surface area contributed by atoms with Crippen molar-refractivity contribution in [3.05, 3.63) is 75.5 Å². The number of rotatable bonds is 6. The molecule has 0 fully saturated rings. The van der Waals surface area contributed by atoms with Crippen molar-refractivity contribution in [2.24, 2.45) is 0 Å². The van der Waals surface area contributed by atoms with Crippen LogP contribution in [0.15, 0.2) is 47.5 Å². The predicted octanol–water partition coefficient (Wildman–Crippen LogP) is 3.94. The molecule has 0 bridgehead atoms.